The van der Waals surface area contributed by atoms with Gasteiger partial charge >= 0.3 is 0 Å². The Bertz CT molecular complexity index is 370. The fourth-order valence-electron chi connectivity index (χ4n) is 2.19. The highest BCUT2D eigenvalue weighted by Gasteiger charge is 2.21. The quantitative estimate of drug-likeness (QED) is 0.818. The van der Waals surface area contributed by atoms with E-state index in [2.05, 4.69) is 5.32 Å². The lowest BCUT2D eigenvalue weighted by Gasteiger charge is -2.10. The van der Waals surface area contributed by atoms with Crippen molar-refractivity contribution in [3.05, 3.63) is 29.8 Å². The highest BCUT2D eigenvalue weighted by atomic mass is 16.3. The van der Waals surface area contributed by atoms with Crippen molar-refractivity contribution in [2.75, 3.05) is 0 Å². The van der Waals surface area contributed by atoms with Crippen LogP contribution in [0.5, 0.6) is 5.75 Å². The molecule has 1 aromatic rings. The van der Waals surface area contributed by atoms with Crippen LogP contribution in [0.2, 0.25) is 0 Å². The van der Waals surface area contributed by atoms with Crippen LogP contribution in [0.25, 0.3) is 0 Å². The molecule has 0 heterocycles. The number of hydrogen-bond donors (Lipinski definition) is 2. The molecule has 1 amide bonds. The van der Waals surface area contributed by atoms with Crippen molar-refractivity contribution in [1.82, 2.24) is 5.32 Å². The molecule has 2 N–H and O–H groups in total. The number of rotatable bonds is 3. The van der Waals surface area contributed by atoms with Gasteiger partial charge in [-0.1, -0.05) is 25.0 Å². The molecule has 16 heavy (non-hydrogen) atoms. The molecule has 1 aromatic carbocycles. The first-order valence-corrected chi connectivity index (χ1v) is 5.81. The molecule has 0 saturated heterocycles. The van der Waals surface area contributed by atoms with Crippen LogP contribution >= 0.6 is 0 Å². The zero-order valence-electron chi connectivity index (χ0n) is 9.28. The lowest BCUT2D eigenvalue weighted by molar-refractivity contribution is -0.124. The second kappa shape index (κ2) is 5.01. The Kier molecular flexibility index (Phi) is 3.44. The van der Waals surface area contributed by atoms with Crippen LogP contribution in [0.1, 0.15) is 31.2 Å². The predicted molar refractivity (Wildman–Crippen MR) is 61.9 cm³/mol. The largest absolute Gasteiger partial charge is 0.508 e. The summed E-state index contributed by atoms with van der Waals surface area (Å²) in [5.41, 5.74) is 0.936. The van der Waals surface area contributed by atoms with Gasteiger partial charge in [-0.2, -0.15) is 0 Å². The van der Waals surface area contributed by atoms with E-state index in [9.17, 15) is 9.90 Å². The van der Waals surface area contributed by atoms with Crippen molar-refractivity contribution in [2.24, 2.45) is 5.92 Å². The minimum Gasteiger partial charge on any atom is -0.508 e. The second-order valence-electron chi connectivity index (χ2n) is 4.37. The second-order valence-corrected chi connectivity index (χ2v) is 4.37. The van der Waals surface area contributed by atoms with Gasteiger partial charge in [0.05, 0.1) is 0 Å². The van der Waals surface area contributed by atoms with E-state index in [1.54, 1.807) is 18.2 Å². The van der Waals surface area contributed by atoms with Gasteiger partial charge in [0, 0.05) is 12.5 Å². The van der Waals surface area contributed by atoms with Crippen LogP contribution in [-0.4, -0.2) is 11.0 Å². The summed E-state index contributed by atoms with van der Waals surface area (Å²) in [4.78, 5) is 11.7. The summed E-state index contributed by atoms with van der Waals surface area (Å²) in [6.45, 7) is 0.504. The molecule has 1 aliphatic rings. The van der Waals surface area contributed by atoms with Gasteiger partial charge in [0.15, 0.2) is 0 Å². The maximum atomic E-state index is 11.7. The molecule has 3 nitrogen and oxygen atoms in total. The first-order chi connectivity index (χ1) is 7.75. The van der Waals surface area contributed by atoms with Gasteiger partial charge < -0.3 is 10.4 Å². The first kappa shape index (κ1) is 11.0. The molecule has 0 aromatic heterocycles. The van der Waals surface area contributed by atoms with E-state index in [0.29, 0.717) is 6.54 Å². The van der Waals surface area contributed by atoms with Gasteiger partial charge in [-0.05, 0) is 30.5 Å². The lowest BCUT2D eigenvalue weighted by atomic mass is 10.1. The fraction of sp³-hybridized carbons (Fsp3) is 0.462. The Labute approximate surface area is 95.5 Å². The zero-order chi connectivity index (χ0) is 11.4. The summed E-state index contributed by atoms with van der Waals surface area (Å²) in [6.07, 6.45) is 4.38. The van der Waals surface area contributed by atoms with Gasteiger partial charge in [0.25, 0.3) is 0 Å². The third kappa shape index (κ3) is 2.75. The Balaban J connectivity index is 1.84. The molecular weight excluding hydrogens is 202 g/mol. The summed E-state index contributed by atoms with van der Waals surface area (Å²) in [6, 6.07) is 6.98. The lowest BCUT2D eigenvalue weighted by Crippen LogP contribution is -2.28. The Morgan fingerprint density at radius 3 is 2.81 bits per heavy atom. The van der Waals surface area contributed by atoms with E-state index in [-0.39, 0.29) is 17.6 Å². The highest BCUT2D eigenvalue weighted by molar-refractivity contribution is 5.78. The van der Waals surface area contributed by atoms with Crippen LogP contribution in [0.4, 0.5) is 0 Å². The van der Waals surface area contributed by atoms with E-state index in [1.165, 1.54) is 12.8 Å². The minimum atomic E-state index is 0.154. The van der Waals surface area contributed by atoms with Crippen molar-refractivity contribution in [3.8, 4) is 5.75 Å². The molecule has 0 unspecified atom stereocenters. The summed E-state index contributed by atoms with van der Waals surface area (Å²) < 4.78 is 0. The summed E-state index contributed by atoms with van der Waals surface area (Å²) >= 11 is 0. The van der Waals surface area contributed by atoms with Gasteiger partial charge in [-0.25, -0.2) is 0 Å². The molecule has 0 aliphatic heterocycles. The zero-order valence-corrected chi connectivity index (χ0v) is 9.28. The minimum absolute atomic E-state index is 0.154. The number of phenolic OH excluding ortho intramolecular Hbond substituents is 1. The molecule has 0 bridgehead atoms. The van der Waals surface area contributed by atoms with Gasteiger partial charge in [0.1, 0.15) is 5.75 Å². The van der Waals surface area contributed by atoms with E-state index >= 15 is 0 Å². The molecule has 0 atom stereocenters. The van der Waals surface area contributed by atoms with Crippen LogP contribution < -0.4 is 5.32 Å². The monoisotopic (exact) mass is 219 g/mol. The van der Waals surface area contributed by atoms with E-state index in [0.717, 1.165) is 18.4 Å². The SMILES string of the molecule is O=C(NCc1cccc(O)c1)C1CCCC1. The standard InChI is InChI=1S/C13H17NO2/c15-12-7-3-4-10(8-12)9-14-13(16)11-5-1-2-6-11/h3-4,7-8,11,15H,1-2,5-6,9H2,(H,14,16). The third-order valence-electron chi connectivity index (χ3n) is 3.10. The third-order valence-corrected chi connectivity index (χ3v) is 3.10. The van der Waals surface area contributed by atoms with Crippen LogP contribution in [0.3, 0.4) is 0 Å². The smallest absolute Gasteiger partial charge is 0.223 e. The molecular formula is C13H17NO2. The fourth-order valence-corrected chi connectivity index (χ4v) is 2.19. The molecule has 0 spiro atoms. The number of carbonyl (C=O) groups is 1. The average Bonchev–Trinajstić information content (AvgIpc) is 2.79. The van der Waals surface area contributed by atoms with Crippen LogP contribution in [0, 0.1) is 5.92 Å². The highest BCUT2D eigenvalue weighted by Crippen LogP contribution is 2.24. The Morgan fingerprint density at radius 1 is 1.38 bits per heavy atom. The van der Waals surface area contributed by atoms with Crippen molar-refractivity contribution < 1.29 is 9.90 Å². The van der Waals surface area contributed by atoms with E-state index in [1.807, 2.05) is 6.07 Å². The number of nitrogens with one attached hydrogen (secondary N) is 1. The molecule has 2 rings (SSSR count). The van der Waals surface area contributed by atoms with E-state index < -0.39 is 0 Å². The first-order valence-electron chi connectivity index (χ1n) is 5.81. The Hall–Kier alpha value is -1.51. The van der Waals surface area contributed by atoms with Crippen LogP contribution in [0.15, 0.2) is 24.3 Å². The van der Waals surface area contributed by atoms with Gasteiger partial charge in [-0.15, -0.1) is 0 Å². The number of amides is 1. The Morgan fingerprint density at radius 2 is 2.12 bits per heavy atom. The summed E-state index contributed by atoms with van der Waals surface area (Å²) in [7, 11) is 0. The van der Waals surface area contributed by atoms with Crippen LogP contribution in [-0.2, 0) is 11.3 Å². The molecule has 3 heteroatoms. The average molecular weight is 219 g/mol. The maximum Gasteiger partial charge on any atom is 0.223 e. The number of hydrogen-bond acceptors (Lipinski definition) is 2. The molecule has 1 fully saturated rings. The van der Waals surface area contributed by atoms with Crippen molar-refractivity contribution in [2.45, 2.75) is 32.2 Å². The van der Waals surface area contributed by atoms with Crippen molar-refractivity contribution in [1.29, 1.82) is 0 Å². The molecule has 1 aliphatic carbocycles. The van der Waals surface area contributed by atoms with Crippen molar-refractivity contribution in [3.63, 3.8) is 0 Å². The maximum absolute atomic E-state index is 11.7. The van der Waals surface area contributed by atoms with Gasteiger partial charge in [-0.3, -0.25) is 4.79 Å². The predicted octanol–water partition coefficient (Wildman–Crippen LogP) is 2.20. The topological polar surface area (TPSA) is 49.3 Å². The number of benzene rings is 1. The number of aromatic hydroxyl groups is 1. The number of phenols is 1. The summed E-state index contributed by atoms with van der Waals surface area (Å²) in [5, 5.41) is 12.2. The number of carbonyl (C=O) groups excluding carboxylic acids is 1. The molecule has 1 saturated carbocycles. The van der Waals surface area contributed by atoms with E-state index in [4.69, 9.17) is 0 Å². The normalized spacial score (nSPS) is 16.2. The summed E-state index contributed by atoms with van der Waals surface area (Å²) in [5.74, 6) is 0.603. The molecule has 0 radical (unpaired) electrons. The van der Waals surface area contributed by atoms with Crippen molar-refractivity contribution >= 4 is 5.91 Å². The molecule has 86 valence electrons. The van der Waals surface area contributed by atoms with Gasteiger partial charge in [0.2, 0.25) is 5.91 Å².